The lowest BCUT2D eigenvalue weighted by Crippen LogP contribution is -2.36. The molecule has 158 valence electrons. The van der Waals surface area contributed by atoms with Crippen molar-refractivity contribution in [3.63, 3.8) is 0 Å². The lowest BCUT2D eigenvalue weighted by molar-refractivity contribution is 0.412. The van der Waals surface area contributed by atoms with E-state index in [1.807, 2.05) is 0 Å². The van der Waals surface area contributed by atoms with Gasteiger partial charge in [0.2, 0.25) is 20.0 Å². The van der Waals surface area contributed by atoms with Crippen LogP contribution in [-0.4, -0.2) is 30.0 Å². The van der Waals surface area contributed by atoms with Crippen LogP contribution < -0.4 is 14.2 Å². The predicted octanol–water partition coefficient (Wildman–Crippen LogP) is 2.78. The smallest absolute Gasteiger partial charge is 0.240 e. The quantitative estimate of drug-likeness (QED) is 0.660. The molecule has 1 fully saturated rings. The Morgan fingerprint density at radius 3 is 1.93 bits per heavy atom. The zero-order valence-electron chi connectivity index (χ0n) is 16.3. The third kappa shape index (κ3) is 5.79. The van der Waals surface area contributed by atoms with Gasteiger partial charge in [-0.1, -0.05) is 31.4 Å². The summed E-state index contributed by atoms with van der Waals surface area (Å²) in [7, 11) is -5.86. The van der Waals surface area contributed by atoms with E-state index in [9.17, 15) is 16.8 Å². The van der Waals surface area contributed by atoms with Gasteiger partial charge in [0.15, 0.2) is 0 Å². The first kappa shape index (κ1) is 21.8. The SMILES string of the molecule is COc1ccc(CNS(=O)(=O)c2ccc(S(=O)(=O)NC3CCCCC3)cc2)cc1. The molecular weight excluding hydrogens is 412 g/mol. The summed E-state index contributed by atoms with van der Waals surface area (Å²) < 4.78 is 60.4. The second kappa shape index (κ2) is 9.25. The van der Waals surface area contributed by atoms with Crippen LogP contribution in [0.25, 0.3) is 0 Å². The Kier molecular flexibility index (Phi) is 6.94. The summed E-state index contributed by atoms with van der Waals surface area (Å²) in [5, 5.41) is 0. The third-order valence-corrected chi connectivity index (χ3v) is 7.95. The Balaban J connectivity index is 1.65. The Labute approximate surface area is 172 Å². The molecule has 0 spiro atoms. The fourth-order valence-corrected chi connectivity index (χ4v) is 5.63. The van der Waals surface area contributed by atoms with Gasteiger partial charge in [-0.3, -0.25) is 0 Å². The molecule has 0 heterocycles. The number of hydrogen-bond donors (Lipinski definition) is 2. The lowest BCUT2D eigenvalue weighted by Gasteiger charge is -2.22. The number of sulfonamides is 2. The van der Waals surface area contributed by atoms with Crippen LogP contribution in [0.1, 0.15) is 37.7 Å². The van der Waals surface area contributed by atoms with E-state index in [1.165, 1.54) is 24.3 Å². The van der Waals surface area contributed by atoms with Crippen LogP contribution in [0, 0.1) is 0 Å². The molecule has 1 saturated carbocycles. The first-order valence-electron chi connectivity index (χ1n) is 9.55. The highest BCUT2D eigenvalue weighted by molar-refractivity contribution is 7.90. The topological polar surface area (TPSA) is 102 Å². The van der Waals surface area contributed by atoms with Crippen molar-refractivity contribution in [2.24, 2.45) is 0 Å². The molecule has 0 amide bonds. The van der Waals surface area contributed by atoms with Gasteiger partial charge in [0.1, 0.15) is 5.75 Å². The number of hydrogen-bond acceptors (Lipinski definition) is 5. The van der Waals surface area contributed by atoms with E-state index < -0.39 is 20.0 Å². The molecule has 0 aliphatic heterocycles. The summed E-state index contributed by atoms with van der Waals surface area (Å²) in [6.45, 7) is 0.121. The molecule has 0 bridgehead atoms. The van der Waals surface area contributed by atoms with E-state index in [0.29, 0.717) is 5.75 Å². The molecule has 0 atom stereocenters. The number of methoxy groups -OCH3 is 1. The number of benzene rings is 2. The minimum absolute atomic E-state index is 0.0163. The van der Waals surface area contributed by atoms with Gasteiger partial charge in [0.05, 0.1) is 16.9 Å². The molecule has 29 heavy (non-hydrogen) atoms. The van der Waals surface area contributed by atoms with Crippen molar-refractivity contribution in [2.45, 2.75) is 54.5 Å². The molecular formula is C20H26N2O5S2. The molecule has 3 rings (SSSR count). The minimum atomic E-state index is -3.76. The van der Waals surface area contributed by atoms with E-state index in [1.54, 1.807) is 31.4 Å². The van der Waals surface area contributed by atoms with E-state index in [4.69, 9.17) is 4.74 Å². The summed E-state index contributed by atoms with van der Waals surface area (Å²) in [5.41, 5.74) is 0.783. The van der Waals surface area contributed by atoms with Gasteiger partial charge < -0.3 is 4.74 Å². The van der Waals surface area contributed by atoms with Gasteiger partial charge >= 0.3 is 0 Å². The van der Waals surface area contributed by atoms with Crippen LogP contribution in [-0.2, 0) is 26.6 Å². The highest BCUT2D eigenvalue weighted by Crippen LogP contribution is 2.21. The van der Waals surface area contributed by atoms with Crippen LogP contribution in [0.15, 0.2) is 58.3 Å². The van der Waals surface area contributed by atoms with Crippen molar-refractivity contribution >= 4 is 20.0 Å². The zero-order valence-corrected chi connectivity index (χ0v) is 17.9. The molecule has 7 nitrogen and oxygen atoms in total. The Morgan fingerprint density at radius 2 is 1.38 bits per heavy atom. The highest BCUT2D eigenvalue weighted by Gasteiger charge is 2.22. The summed E-state index contributed by atoms with van der Waals surface area (Å²) in [6.07, 6.45) is 4.84. The standard InChI is InChI=1S/C20H26N2O5S2/c1-27-18-9-7-16(8-10-18)15-21-28(23,24)19-11-13-20(14-12-19)29(25,26)22-17-5-3-2-4-6-17/h7-14,17,21-22H,2-6,15H2,1H3. The monoisotopic (exact) mass is 438 g/mol. The maximum atomic E-state index is 12.5. The first-order valence-corrected chi connectivity index (χ1v) is 12.5. The van der Waals surface area contributed by atoms with Gasteiger partial charge in [-0.2, -0.15) is 0 Å². The van der Waals surface area contributed by atoms with Crippen molar-refractivity contribution < 1.29 is 21.6 Å². The van der Waals surface area contributed by atoms with Gasteiger partial charge in [-0.05, 0) is 54.8 Å². The van der Waals surface area contributed by atoms with E-state index in [0.717, 1.165) is 37.7 Å². The Hall–Kier alpha value is -1.94. The molecule has 9 heteroatoms. The van der Waals surface area contributed by atoms with E-state index in [-0.39, 0.29) is 22.4 Å². The molecule has 0 radical (unpaired) electrons. The van der Waals surface area contributed by atoms with E-state index in [2.05, 4.69) is 9.44 Å². The van der Waals surface area contributed by atoms with Crippen LogP contribution in [0.2, 0.25) is 0 Å². The summed E-state index contributed by atoms with van der Waals surface area (Å²) in [5.74, 6) is 0.690. The van der Waals surface area contributed by atoms with Gasteiger partial charge in [-0.25, -0.2) is 26.3 Å². The normalized spacial score (nSPS) is 15.9. The lowest BCUT2D eigenvalue weighted by atomic mass is 9.96. The van der Waals surface area contributed by atoms with Crippen LogP contribution in [0.4, 0.5) is 0 Å². The Bertz CT molecular complexity index is 1010. The second-order valence-corrected chi connectivity index (χ2v) is 10.6. The van der Waals surface area contributed by atoms with Crippen LogP contribution in [0.5, 0.6) is 5.75 Å². The number of ether oxygens (including phenoxy) is 1. The summed E-state index contributed by atoms with van der Waals surface area (Å²) >= 11 is 0. The first-order chi connectivity index (χ1) is 13.8. The minimum Gasteiger partial charge on any atom is -0.497 e. The van der Waals surface area contributed by atoms with Gasteiger partial charge in [0.25, 0.3) is 0 Å². The Morgan fingerprint density at radius 1 is 0.828 bits per heavy atom. The second-order valence-electron chi connectivity index (χ2n) is 7.10. The van der Waals surface area contributed by atoms with Gasteiger partial charge in [0, 0.05) is 12.6 Å². The fourth-order valence-electron chi connectivity index (χ4n) is 3.31. The van der Waals surface area contributed by atoms with E-state index >= 15 is 0 Å². The zero-order chi connectivity index (χ0) is 20.9. The molecule has 2 aromatic carbocycles. The highest BCUT2D eigenvalue weighted by atomic mass is 32.2. The maximum Gasteiger partial charge on any atom is 0.240 e. The fraction of sp³-hybridized carbons (Fsp3) is 0.400. The maximum absolute atomic E-state index is 12.5. The number of nitrogens with one attached hydrogen (secondary N) is 2. The van der Waals surface area contributed by atoms with Crippen molar-refractivity contribution in [1.29, 1.82) is 0 Å². The van der Waals surface area contributed by atoms with Crippen molar-refractivity contribution in [3.8, 4) is 5.75 Å². The largest absolute Gasteiger partial charge is 0.497 e. The molecule has 2 N–H and O–H groups in total. The summed E-state index contributed by atoms with van der Waals surface area (Å²) in [4.78, 5) is 0.0832. The van der Waals surface area contributed by atoms with Crippen LogP contribution >= 0.6 is 0 Å². The molecule has 1 aliphatic carbocycles. The third-order valence-electron chi connectivity index (χ3n) is 5.00. The molecule has 0 aromatic heterocycles. The molecule has 2 aromatic rings. The van der Waals surface area contributed by atoms with Crippen molar-refractivity contribution in [3.05, 3.63) is 54.1 Å². The van der Waals surface area contributed by atoms with Gasteiger partial charge in [-0.15, -0.1) is 0 Å². The van der Waals surface area contributed by atoms with Crippen molar-refractivity contribution in [1.82, 2.24) is 9.44 Å². The molecule has 1 aliphatic rings. The molecule has 0 saturated heterocycles. The van der Waals surface area contributed by atoms with Crippen LogP contribution in [0.3, 0.4) is 0 Å². The number of rotatable bonds is 8. The predicted molar refractivity (Wildman–Crippen MR) is 111 cm³/mol. The summed E-state index contributed by atoms with van der Waals surface area (Å²) in [6, 6.07) is 12.3. The molecule has 0 unspecified atom stereocenters. The van der Waals surface area contributed by atoms with Crippen molar-refractivity contribution in [2.75, 3.05) is 7.11 Å². The average Bonchev–Trinajstić information content (AvgIpc) is 2.73. The average molecular weight is 439 g/mol.